The van der Waals surface area contributed by atoms with Crippen molar-refractivity contribution in [2.24, 2.45) is 0 Å². The minimum Gasteiger partial charge on any atom is -0.339 e. The van der Waals surface area contributed by atoms with Crippen molar-refractivity contribution in [3.05, 3.63) is 0 Å². The summed E-state index contributed by atoms with van der Waals surface area (Å²) < 4.78 is 4.89. The third kappa shape index (κ3) is 6.92. The standard InChI is InChI=1S/C5H12ClOPS/c1-3-4-5-9-8(6)7-2/h3-5H2,1-2H3. The molecule has 56 valence electrons. The topological polar surface area (TPSA) is 9.23 Å². The lowest BCUT2D eigenvalue weighted by Gasteiger charge is -2.03. The average molecular weight is 187 g/mol. The van der Waals surface area contributed by atoms with Gasteiger partial charge in [-0.1, -0.05) is 36.0 Å². The number of halogens is 1. The molecular weight excluding hydrogens is 175 g/mol. The Bertz CT molecular complexity index is 64.9. The van der Waals surface area contributed by atoms with Crippen LogP contribution in [0.1, 0.15) is 19.8 Å². The molecule has 0 rings (SSSR count). The molecule has 0 spiro atoms. The molecule has 0 saturated carbocycles. The summed E-state index contributed by atoms with van der Waals surface area (Å²) >= 11 is 7.42. The molecule has 9 heavy (non-hydrogen) atoms. The highest BCUT2D eigenvalue weighted by Crippen LogP contribution is 2.54. The smallest absolute Gasteiger partial charge is 0.188 e. The molecule has 0 aromatic carbocycles. The van der Waals surface area contributed by atoms with Crippen LogP contribution in [0.3, 0.4) is 0 Å². The third-order valence-electron chi connectivity index (χ3n) is 0.834. The second-order valence-electron chi connectivity index (χ2n) is 1.58. The molecule has 0 aliphatic heterocycles. The van der Waals surface area contributed by atoms with Gasteiger partial charge in [-0.25, -0.2) is 0 Å². The number of rotatable bonds is 5. The van der Waals surface area contributed by atoms with Crippen molar-refractivity contribution in [3.8, 4) is 0 Å². The Hall–Kier alpha value is 1.03. The Kier molecular flexibility index (Phi) is 7.96. The first-order chi connectivity index (χ1) is 4.31. The third-order valence-corrected chi connectivity index (χ3v) is 4.69. The van der Waals surface area contributed by atoms with Crippen LogP contribution in [0.4, 0.5) is 0 Å². The van der Waals surface area contributed by atoms with Crippen LogP contribution in [0.25, 0.3) is 0 Å². The predicted octanol–water partition coefficient (Wildman–Crippen LogP) is 3.63. The molecule has 1 atom stereocenters. The lowest BCUT2D eigenvalue weighted by atomic mass is 10.4. The van der Waals surface area contributed by atoms with E-state index in [4.69, 9.17) is 15.8 Å². The molecule has 0 amide bonds. The van der Waals surface area contributed by atoms with Gasteiger partial charge >= 0.3 is 0 Å². The van der Waals surface area contributed by atoms with Crippen LogP contribution in [0, 0.1) is 0 Å². The van der Waals surface area contributed by atoms with Crippen molar-refractivity contribution in [2.75, 3.05) is 12.9 Å². The molecular formula is C5H12ClOPS. The van der Waals surface area contributed by atoms with Gasteiger partial charge in [-0.2, -0.15) is 0 Å². The van der Waals surface area contributed by atoms with Crippen molar-refractivity contribution in [3.63, 3.8) is 0 Å². The fraction of sp³-hybridized carbons (Fsp3) is 1.00. The zero-order chi connectivity index (χ0) is 7.11. The normalized spacial score (nSPS) is 13.7. The number of unbranched alkanes of at least 4 members (excludes halogenated alkanes) is 1. The van der Waals surface area contributed by atoms with Gasteiger partial charge in [0.25, 0.3) is 0 Å². The van der Waals surface area contributed by atoms with Crippen LogP contribution in [0.15, 0.2) is 0 Å². The Balaban J connectivity index is 2.88. The summed E-state index contributed by atoms with van der Waals surface area (Å²) in [5.74, 6) is 1.12. The predicted molar refractivity (Wildman–Crippen MR) is 47.1 cm³/mol. The molecule has 0 N–H and O–H groups in total. The fourth-order valence-corrected chi connectivity index (χ4v) is 2.76. The second-order valence-corrected chi connectivity index (χ2v) is 6.33. The Morgan fingerprint density at radius 1 is 1.67 bits per heavy atom. The van der Waals surface area contributed by atoms with Crippen LogP contribution < -0.4 is 0 Å². The van der Waals surface area contributed by atoms with E-state index in [0.29, 0.717) is 0 Å². The van der Waals surface area contributed by atoms with Gasteiger partial charge in [0, 0.05) is 12.9 Å². The van der Waals surface area contributed by atoms with Crippen LogP contribution >= 0.6 is 29.3 Å². The van der Waals surface area contributed by atoms with Gasteiger partial charge in [0.1, 0.15) is 0 Å². The summed E-state index contributed by atoms with van der Waals surface area (Å²) in [4.78, 5) is 0. The van der Waals surface area contributed by atoms with Gasteiger partial charge in [0.15, 0.2) is 6.70 Å². The molecule has 0 aromatic rings. The first kappa shape index (κ1) is 10.0. The summed E-state index contributed by atoms with van der Waals surface area (Å²) in [5, 5.41) is 0. The molecule has 1 nitrogen and oxygen atoms in total. The molecule has 0 saturated heterocycles. The molecule has 0 heterocycles. The van der Waals surface area contributed by atoms with Crippen molar-refractivity contribution in [1.29, 1.82) is 0 Å². The van der Waals surface area contributed by atoms with Gasteiger partial charge in [0.2, 0.25) is 0 Å². The highest BCUT2D eigenvalue weighted by molar-refractivity contribution is 8.61. The maximum Gasteiger partial charge on any atom is 0.188 e. The largest absolute Gasteiger partial charge is 0.339 e. The minimum absolute atomic E-state index is 0.701. The van der Waals surface area contributed by atoms with Gasteiger partial charge < -0.3 is 4.52 Å². The van der Waals surface area contributed by atoms with E-state index in [9.17, 15) is 0 Å². The van der Waals surface area contributed by atoms with E-state index >= 15 is 0 Å². The van der Waals surface area contributed by atoms with E-state index in [0.717, 1.165) is 5.75 Å². The zero-order valence-corrected chi connectivity index (χ0v) is 8.23. The molecule has 1 unspecified atom stereocenters. The maximum atomic E-state index is 5.71. The zero-order valence-electron chi connectivity index (χ0n) is 5.76. The number of hydrogen-bond donors (Lipinski definition) is 0. The van der Waals surface area contributed by atoms with E-state index in [1.807, 2.05) is 0 Å². The first-order valence-electron chi connectivity index (χ1n) is 2.94. The molecule has 0 fully saturated rings. The SMILES string of the molecule is CCCCSP(Cl)OC. The highest BCUT2D eigenvalue weighted by atomic mass is 35.7. The van der Waals surface area contributed by atoms with Crippen LogP contribution in [0.5, 0.6) is 0 Å². The van der Waals surface area contributed by atoms with Gasteiger partial charge in [-0.15, -0.1) is 0 Å². The highest BCUT2D eigenvalue weighted by Gasteiger charge is 2.00. The Morgan fingerprint density at radius 3 is 2.78 bits per heavy atom. The molecule has 0 radical (unpaired) electrons. The lowest BCUT2D eigenvalue weighted by molar-refractivity contribution is 0.481. The average Bonchev–Trinajstić information content (AvgIpc) is 1.89. The van der Waals surface area contributed by atoms with E-state index in [1.165, 1.54) is 12.8 Å². The molecule has 0 aliphatic carbocycles. The summed E-state index contributed by atoms with van der Waals surface area (Å²) in [6, 6.07) is 0. The Labute approximate surface area is 66.9 Å². The van der Waals surface area contributed by atoms with E-state index < -0.39 is 6.70 Å². The first-order valence-corrected chi connectivity index (χ1v) is 6.69. The van der Waals surface area contributed by atoms with E-state index in [2.05, 4.69) is 6.92 Å². The summed E-state index contributed by atoms with van der Waals surface area (Å²) in [7, 11) is 1.65. The van der Waals surface area contributed by atoms with Crippen LogP contribution in [-0.2, 0) is 4.52 Å². The van der Waals surface area contributed by atoms with Crippen molar-refractivity contribution < 1.29 is 4.52 Å². The van der Waals surface area contributed by atoms with Gasteiger partial charge in [-0.3, -0.25) is 0 Å². The molecule has 0 aromatic heterocycles. The maximum absolute atomic E-state index is 5.71. The monoisotopic (exact) mass is 186 g/mol. The second kappa shape index (κ2) is 7.14. The molecule has 0 bridgehead atoms. The van der Waals surface area contributed by atoms with Gasteiger partial charge in [0.05, 0.1) is 0 Å². The van der Waals surface area contributed by atoms with Crippen molar-refractivity contribution in [1.82, 2.24) is 0 Å². The summed E-state index contributed by atoms with van der Waals surface area (Å²) in [6.07, 6.45) is 2.47. The Morgan fingerprint density at radius 2 is 2.33 bits per heavy atom. The van der Waals surface area contributed by atoms with Gasteiger partial charge in [-0.05, 0) is 6.42 Å². The van der Waals surface area contributed by atoms with E-state index in [-0.39, 0.29) is 0 Å². The van der Waals surface area contributed by atoms with E-state index in [1.54, 1.807) is 18.5 Å². The lowest BCUT2D eigenvalue weighted by Crippen LogP contribution is -1.73. The molecule has 0 aliphatic rings. The van der Waals surface area contributed by atoms with Crippen LogP contribution in [-0.4, -0.2) is 12.9 Å². The van der Waals surface area contributed by atoms with Crippen LogP contribution in [0.2, 0.25) is 0 Å². The summed E-state index contributed by atoms with van der Waals surface area (Å²) in [5.41, 5.74) is 0. The summed E-state index contributed by atoms with van der Waals surface area (Å²) in [6.45, 7) is 1.47. The quantitative estimate of drug-likeness (QED) is 0.479. The van der Waals surface area contributed by atoms with Crippen molar-refractivity contribution >= 4 is 29.3 Å². The molecule has 4 heteroatoms. The van der Waals surface area contributed by atoms with Crippen molar-refractivity contribution in [2.45, 2.75) is 19.8 Å². The fourth-order valence-electron chi connectivity index (χ4n) is 0.333. The minimum atomic E-state index is -0.701. The number of hydrogen-bond acceptors (Lipinski definition) is 2.